The van der Waals surface area contributed by atoms with Gasteiger partial charge in [-0.15, -0.1) is 11.8 Å². The Bertz CT molecular complexity index is 176. The van der Waals surface area contributed by atoms with E-state index in [0.717, 1.165) is 5.75 Å². The molecule has 0 spiro atoms. The molecule has 0 fully saturated rings. The van der Waals surface area contributed by atoms with Crippen molar-refractivity contribution in [3.05, 3.63) is 18.7 Å². The van der Waals surface area contributed by atoms with Gasteiger partial charge in [-0.2, -0.15) is 0 Å². The Morgan fingerprint density at radius 1 is 1.83 bits per heavy atom. The van der Waals surface area contributed by atoms with E-state index in [2.05, 4.69) is 6.92 Å². The number of thioether (sulfide) groups is 1. The molecule has 0 aliphatic heterocycles. The van der Waals surface area contributed by atoms with Gasteiger partial charge in [0.1, 0.15) is 5.44 Å². The number of hydrogen-bond acceptors (Lipinski definition) is 4. The minimum atomic E-state index is -0.434. The zero-order chi connectivity index (χ0) is 9.56. The van der Waals surface area contributed by atoms with Crippen LogP contribution in [0, 0.1) is 6.92 Å². The molecule has 0 bridgehead atoms. The van der Waals surface area contributed by atoms with Gasteiger partial charge in [0.05, 0.1) is 0 Å². The van der Waals surface area contributed by atoms with Crippen molar-refractivity contribution < 1.29 is 9.53 Å². The molecule has 0 aromatic carbocycles. The summed E-state index contributed by atoms with van der Waals surface area (Å²) in [5, 5.41) is 0. The Balaban J connectivity index is 3.77. The molecule has 0 aromatic rings. The van der Waals surface area contributed by atoms with E-state index in [0.29, 0.717) is 5.70 Å². The standard InChI is InChI=1S/C8H14NO2S/c1-4-12-7(3)11-8(10)5-6(2)9/h5,7H,3-4,9H2,1-2H3/b6-5-. The monoisotopic (exact) mass is 188 g/mol. The first-order chi connectivity index (χ1) is 5.56. The molecule has 0 amide bonds. The molecule has 1 radical (unpaired) electrons. The fourth-order valence-electron chi connectivity index (χ4n) is 0.569. The number of allylic oxidation sites excluding steroid dienone is 1. The Labute approximate surface area is 77.3 Å². The van der Waals surface area contributed by atoms with Crippen LogP contribution >= 0.6 is 11.8 Å². The summed E-state index contributed by atoms with van der Waals surface area (Å²) in [5.74, 6) is 0.434. The molecule has 12 heavy (non-hydrogen) atoms. The SMILES string of the molecule is [CH2]C(OC(=O)/C=C(/C)N)SCC. The van der Waals surface area contributed by atoms with Crippen LogP contribution in [0.1, 0.15) is 13.8 Å². The lowest BCUT2D eigenvalue weighted by Gasteiger charge is -2.09. The van der Waals surface area contributed by atoms with Crippen LogP contribution in [0.4, 0.5) is 0 Å². The van der Waals surface area contributed by atoms with Crippen LogP contribution in [0.25, 0.3) is 0 Å². The van der Waals surface area contributed by atoms with E-state index in [1.54, 1.807) is 6.92 Å². The van der Waals surface area contributed by atoms with Gasteiger partial charge in [0.25, 0.3) is 0 Å². The predicted molar refractivity (Wildman–Crippen MR) is 51.3 cm³/mol. The van der Waals surface area contributed by atoms with E-state index in [-0.39, 0.29) is 5.44 Å². The summed E-state index contributed by atoms with van der Waals surface area (Å²) >= 11 is 1.46. The van der Waals surface area contributed by atoms with E-state index < -0.39 is 5.97 Å². The van der Waals surface area contributed by atoms with Crippen LogP contribution in [-0.2, 0) is 9.53 Å². The van der Waals surface area contributed by atoms with Crippen molar-refractivity contribution in [3.63, 3.8) is 0 Å². The van der Waals surface area contributed by atoms with Crippen molar-refractivity contribution in [2.45, 2.75) is 19.3 Å². The van der Waals surface area contributed by atoms with Gasteiger partial charge in [-0.3, -0.25) is 0 Å². The molecule has 3 nitrogen and oxygen atoms in total. The van der Waals surface area contributed by atoms with Crippen LogP contribution in [0.3, 0.4) is 0 Å². The largest absolute Gasteiger partial charge is 0.448 e. The quantitative estimate of drug-likeness (QED) is 0.410. The van der Waals surface area contributed by atoms with Gasteiger partial charge in [0, 0.05) is 11.8 Å². The summed E-state index contributed by atoms with van der Waals surface area (Å²) in [7, 11) is 0. The first-order valence-electron chi connectivity index (χ1n) is 3.65. The summed E-state index contributed by atoms with van der Waals surface area (Å²) in [4.78, 5) is 10.9. The highest BCUT2D eigenvalue weighted by Crippen LogP contribution is 2.10. The number of esters is 1. The normalized spacial score (nSPS) is 14.1. The highest BCUT2D eigenvalue weighted by molar-refractivity contribution is 7.99. The average molecular weight is 188 g/mol. The molecule has 69 valence electrons. The molecule has 0 aliphatic rings. The molecule has 2 N–H and O–H groups in total. The van der Waals surface area contributed by atoms with Gasteiger partial charge in [-0.25, -0.2) is 4.79 Å². The maximum absolute atomic E-state index is 10.9. The fraction of sp³-hybridized carbons (Fsp3) is 0.500. The van der Waals surface area contributed by atoms with Crippen molar-refractivity contribution >= 4 is 17.7 Å². The number of rotatable bonds is 4. The zero-order valence-corrected chi connectivity index (χ0v) is 8.19. The lowest BCUT2D eigenvalue weighted by molar-refractivity contribution is -0.137. The lowest BCUT2D eigenvalue weighted by atomic mass is 10.4. The average Bonchev–Trinajstić information content (AvgIpc) is 1.84. The van der Waals surface area contributed by atoms with Crippen molar-refractivity contribution in [2.24, 2.45) is 5.73 Å². The molecular weight excluding hydrogens is 174 g/mol. The topological polar surface area (TPSA) is 52.3 Å². The Hall–Kier alpha value is -0.640. The minimum absolute atomic E-state index is 0.349. The van der Waals surface area contributed by atoms with Gasteiger partial charge < -0.3 is 10.5 Å². The molecule has 1 atom stereocenters. The third-order valence-electron chi connectivity index (χ3n) is 0.946. The maximum atomic E-state index is 10.9. The number of hydrogen-bond donors (Lipinski definition) is 1. The highest BCUT2D eigenvalue weighted by Gasteiger charge is 2.05. The van der Waals surface area contributed by atoms with Gasteiger partial charge in [0.15, 0.2) is 0 Å². The van der Waals surface area contributed by atoms with Crippen LogP contribution in [0.5, 0.6) is 0 Å². The summed E-state index contributed by atoms with van der Waals surface area (Å²) in [6.07, 6.45) is 1.24. The summed E-state index contributed by atoms with van der Waals surface area (Å²) in [6.45, 7) is 7.23. The molecule has 0 aromatic heterocycles. The first-order valence-corrected chi connectivity index (χ1v) is 4.70. The minimum Gasteiger partial charge on any atom is -0.448 e. The van der Waals surface area contributed by atoms with E-state index in [1.807, 2.05) is 6.92 Å². The highest BCUT2D eigenvalue weighted by atomic mass is 32.2. The Kier molecular flexibility index (Phi) is 5.62. The van der Waals surface area contributed by atoms with E-state index >= 15 is 0 Å². The number of carbonyl (C=O) groups excluding carboxylic acids is 1. The summed E-state index contributed by atoms with van der Waals surface area (Å²) < 4.78 is 4.86. The van der Waals surface area contributed by atoms with E-state index in [9.17, 15) is 4.79 Å². The second-order valence-corrected chi connectivity index (χ2v) is 3.65. The zero-order valence-electron chi connectivity index (χ0n) is 7.37. The van der Waals surface area contributed by atoms with Crippen molar-refractivity contribution in [2.75, 3.05) is 5.75 Å². The second kappa shape index (κ2) is 5.94. The van der Waals surface area contributed by atoms with Crippen LogP contribution < -0.4 is 5.73 Å². The van der Waals surface area contributed by atoms with Crippen molar-refractivity contribution in [3.8, 4) is 0 Å². The van der Waals surface area contributed by atoms with Crippen LogP contribution in [0.15, 0.2) is 11.8 Å². The number of carbonyl (C=O) groups is 1. The van der Waals surface area contributed by atoms with Gasteiger partial charge >= 0.3 is 5.97 Å². The molecule has 0 aliphatic carbocycles. The van der Waals surface area contributed by atoms with E-state index in [4.69, 9.17) is 10.5 Å². The molecule has 0 heterocycles. The number of ether oxygens (including phenoxy) is 1. The molecule has 0 rings (SSSR count). The lowest BCUT2D eigenvalue weighted by Crippen LogP contribution is -2.11. The predicted octanol–water partition coefficient (Wildman–Crippen LogP) is 1.31. The maximum Gasteiger partial charge on any atom is 0.333 e. The third kappa shape index (κ3) is 6.09. The van der Waals surface area contributed by atoms with Crippen LogP contribution in [-0.4, -0.2) is 17.2 Å². The summed E-state index contributed by atoms with van der Waals surface area (Å²) in [6, 6.07) is 0. The van der Waals surface area contributed by atoms with Gasteiger partial charge in [0.2, 0.25) is 0 Å². The summed E-state index contributed by atoms with van der Waals surface area (Å²) in [5.41, 5.74) is 5.37. The third-order valence-corrected chi connectivity index (χ3v) is 1.75. The van der Waals surface area contributed by atoms with Crippen molar-refractivity contribution in [1.29, 1.82) is 0 Å². The molecule has 4 heteroatoms. The first kappa shape index (κ1) is 11.4. The second-order valence-electron chi connectivity index (χ2n) is 2.21. The van der Waals surface area contributed by atoms with Crippen LogP contribution in [0.2, 0.25) is 0 Å². The van der Waals surface area contributed by atoms with Gasteiger partial charge in [-0.1, -0.05) is 6.92 Å². The molecule has 0 saturated carbocycles. The number of nitrogens with two attached hydrogens (primary N) is 1. The fourth-order valence-corrected chi connectivity index (χ4v) is 1.10. The van der Waals surface area contributed by atoms with Crippen molar-refractivity contribution in [1.82, 2.24) is 0 Å². The van der Waals surface area contributed by atoms with Gasteiger partial charge in [-0.05, 0) is 19.6 Å². The molecule has 0 saturated heterocycles. The molecular formula is C8H14NO2S. The van der Waals surface area contributed by atoms with E-state index in [1.165, 1.54) is 17.8 Å². The molecule has 1 unspecified atom stereocenters. The Morgan fingerprint density at radius 2 is 2.42 bits per heavy atom. The Morgan fingerprint density at radius 3 is 2.83 bits per heavy atom. The smallest absolute Gasteiger partial charge is 0.333 e.